The summed E-state index contributed by atoms with van der Waals surface area (Å²) in [4.78, 5) is 52.0. The van der Waals surface area contributed by atoms with Crippen molar-refractivity contribution in [3.8, 4) is 0 Å². The maximum absolute atomic E-state index is 14.5. The molecule has 3 N–H and O–H groups in total. The second kappa shape index (κ2) is 11.7. The fourth-order valence-electron chi connectivity index (χ4n) is 5.78. The maximum Gasteiger partial charge on any atom is 0.471 e. The van der Waals surface area contributed by atoms with Gasteiger partial charge in [-0.3, -0.25) is 19.2 Å². The summed E-state index contributed by atoms with van der Waals surface area (Å²) >= 11 is 0. The van der Waals surface area contributed by atoms with E-state index in [-0.39, 0.29) is 19.4 Å². The molecule has 0 bridgehead atoms. The molecule has 0 aromatic carbocycles. The van der Waals surface area contributed by atoms with Crippen LogP contribution in [0, 0.1) is 23.2 Å². The number of rotatable bonds is 8. The number of amides is 4. The summed E-state index contributed by atoms with van der Waals surface area (Å²) in [6.07, 6.45) is -5.67. The van der Waals surface area contributed by atoms with Crippen molar-refractivity contribution >= 4 is 33.5 Å². The van der Waals surface area contributed by atoms with Gasteiger partial charge in [-0.15, -0.1) is 0 Å². The van der Waals surface area contributed by atoms with E-state index in [1.165, 1.54) is 20.8 Å². The van der Waals surface area contributed by atoms with Crippen LogP contribution in [0.15, 0.2) is 11.2 Å². The van der Waals surface area contributed by atoms with Crippen molar-refractivity contribution in [3.05, 3.63) is 11.2 Å². The van der Waals surface area contributed by atoms with Crippen LogP contribution < -0.4 is 16.0 Å². The van der Waals surface area contributed by atoms with Crippen molar-refractivity contribution in [2.75, 3.05) is 19.3 Å². The van der Waals surface area contributed by atoms with E-state index in [9.17, 15) is 53.9 Å². The second-order valence-electron chi connectivity index (χ2n) is 12.3. The van der Waals surface area contributed by atoms with Crippen molar-refractivity contribution in [1.29, 1.82) is 0 Å². The van der Waals surface area contributed by atoms with Crippen LogP contribution >= 0.6 is 0 Å². The Morgan fingerprint density at radius 3 is 2.26 bits per heavy atom. The molecule has 3 rings (SSSR count). The first-order valence-electron chi connectivity index (χ1n) is 13.2. The molecule has 0 aromatic heterocycles. The molecule has 4 amide bonds. The molecule has 10 nitrogen and oxygen atoms in total. The van der Waals surface area contributed by atoms with Gasteiger partial charge in [0.05, 0.1) is 6.04 Å². The van der Waals surface area contributed by atoms with Crippen LogP contribution in [0.4, 0.5) is 26.3 Å². The minimum absolute atomic E-state index is 0.252. The average Bonchev–Trinajstić information content (AvgIpc) is 3.45. The monoisotopic (exact) mass is 632 g/mol. The number of sulfone groups is 1. The molecule has 238 valence electrons. The molecule has 0 unspecified atom stereocenters. The molecule has 42 heavy (non-hydrogen) atoms. The van der Waals surface area contributed by atoms with Gasteiger partial charge in [0.25, 0.3) is 0 Å². The third-order valence-electron chi connectivity index (χ3n) is 7.79. The van der Waals surface area contributed by atoms with Crippen molar-refractivity contribution in [2.45, 2.75) is 76.7 Å². The van der Waals surface area contributed by atoms with E-state index < -0.39 is 111 Å². The van der Waals surface area contributed by atoms with Crippen LogP contribution in [-0.2, 0) is 29.0 Å². The Balaban J connectivity index is 1.97. The van der Waals surface area contributed by atoms with Gasteiger partial charge in [0.15, 0.2) is 0 Å². The van der Waals surface area contributed by atoms with Gasteiger partial charge in [-0.25, -0.2) is 17.2 Å². The number of likely N-dealkylation sites (tertiary alicyclic amines) is 1. The van der Waals surface area contributed by atoms with E-state index in [2.05, 4.69) is 10.6 Å². The Hall–Kier alpha value is -2.85. The highest BCUT2D eigenvalue weighted by Crippen LogP contribution is 2.50. The lowest BCUT2D eigenvalue weighted by Gasteiger charge is -2.37. The summed E-state index contributed by atoms with van der Waals surface area (Å²) in [5.41, 5.74) is -1.31. The van der Waals surface area contributed by atoms with Crippen LogP contribution in [0.5, 0.6) is 0 Å². The Morgan fingerprint density at radius 2 is 1.76 bits per heavy atom. The lowest BCUT2D eigenvalue weighted by atomic mass is 9.85. The molecule has 6 atom stereocenters. The highest BCUT2D eigenvalue weighted by atomic mass is 32.2. The molecule has 3 fully saturated rings. The topological polar surface area (TPSA) is 142 Å². The van der Waals surface area contributed by atoms with Crippen LogP contribution in [0.2, 0.25) is 0 Å². The fourth-order valence-corrected chi connectivity index (χ4v) is 6.19. The smallest absolute Gasteiger partial charge is 0.356 e. The number of nitrogens with zero attached hydrogens (tertiary/aromatic N) is 1. The standard InChI is InChI=1S/C25H34F6N4O6S/c1-23(2,3)18(34-22(39)25(29,30)31)21(38)35-11-13-9-24(27,28)10-15(13)17(35)20(37)33-14(8-16(26)42(4,40)41)7-12-5-6-32-19(12)36/h8,12-15,17-18H,5-7,9-11H2,1-4H3,(H,32,36)(H,33,37)(H,34,39)/b16-8-/t12-,13+,14+,15+,17+,18+/m0/s1. The molecule has 0 aromatic rings. The van der Waals surface area contributed by atoms with Gasteiger partial charge < -0.3 is 20.9 Å². The Labute approximate surface area is 238 Å². The largest absolute Gasteiger partial charge is 0.471 e. The molecule has 2 saturated heterocycles. The first-order valence-corrected chi connectivity index (χ1v) is 15.1. The minimum Gasteiger partial charge on any atom is -0.356 e. The summed E-state index contributed by atoms with van der Waals surface area (Å²) < 4.78 is 106. The zero-order chi connectivity index (χ0) is 32.0. The fraction of sp³-hybridized carbons (Fsp3) is 0.760. The van der Waals surface area contributed by atoms with Crippen molar-refractivity contribution in [2.24, 2.45) is 23.2 Å². The average molecular weight is 633 g/mol. The molecule has 1 aliphatic carbocycles. The van der Waals surface area contributed by atoms with Gasteiger partial charge in [0.2, 0.25) is 38.6 Å². The first-order chi connectivity index (χ1) is 19.0. The normalized spacial score (nSPS) is 27.7. The zero-order valence-corrected chi connectivity index (χ0v) is 24.2. The summed E-state index contributed by atoms with van der Waals surface area (Å²) in [6.45, 7) is 3.97. The van der Waals surface area contributed by atoms with Crippen molar-refractivity contribution in [3.63, 3.8) is 0 Å². The third kappa shape index (κ3) is 7.75. The number of alkyl halides is 5. The first kappa shape index (κ1) is 33.6. The van der Waals surface area contributed by atoms with E-state index >= 15 is 0 Å². The van der Waals surface area contributed by atoms with Crippen LogP contribution in [0.3, 0.4) is 0 Å². The Bertz CT molecular complexity index is 1250. The number of halogens is 6. The van der Waals surface area contributed by atoms with Gasteiger partial charge in [0.1, 0.15) is 12.1 Å². The predicted molar refractivity (Wildman–Crippen MR) is 136 cm³/mol. The zero-order valence-electron chi connectivity index (χ0n) is 23.4. The van der Waals surface area contributed by atoms with Gasteiger partial charge in [-0.1, -0.05) is 20.8 Å². The summed E-state index contributed by atoms with van der Waals surface area (Å²) in [7, 11) is -4.36. The number of carbonyl (C=O) groups is 4. The molecular weight excluding hydrogens is 598 g/mol. The van der Waals surface area contributed by atoms with Gasteiger partial charge in [-0.2, -0.15) is 17.6 Å². The van der Waals surface area contributed by atoms with Crippen LogP contribution in [0.1, 0.15) is 46.5 Å². The molecule has 17 heteroatoms. The van der Waals surface area contributed by atoms with Crippen LogP contribution in [0.25, 0.3) is 0 Å². The van der Waals surface area contributed by atoms with Gasteiger partial charge in [0, 0.05) is 38.1 Å². The molecule has 2 heterocycles. The summed E-state index contributed by atoms with van der Waals surface area (Å²) in [5.74, 6) is -11.0. The van der Waals surface area contributed by atoms with Gasteiger partial charge in [-0.05, 0) is 36.2 Å². The SMILES string of the molecule is CC(C)(C)[C@H](NC(=O)C(F)(F)F)C(=O)N1C[C@H]2CC(F)(F)C[C@H]2[C@@H]1C(=O)N[C@@H](/C=C(/F)S(C)(=O)=O)C[C@@H]1CCNC1=O. The highest BCUT2D eigenvalue weighted by molar-refractivity contribution is 7.94. The summed E-state index contributed by atoms with van der Waals surface area (Å²) in [5, 5.41) is 4.95. The molecule has 3 aliphatic rings. The lowest BCUT2D eigenvalue weighted by Crippen LogP contribution is -2.60. The van der Waals surface area contributed by atoms with E-state index in [1.54, 1.807) is 5.32 Å². The number of hydrogen-bond acceptors (Lipinski definition) is 6. The Kier molecular flexibility index (Phi) is 9.36. The van der Waals surface area contributed by atoms with E-state index in [0.717, 1.165) is 4.90 Å². The van der Waals surface area contributed by atoms with E-state index in [0.29, 0.717) is 12.3 Å². The number of fused-ring (bicyclic) bond motifs is 1. The second-order valence-corrected chi connectivity index (χ2v) is 14.2. The molecule has 2 aliphatic heterocycles. The molecular formula is C25H34F6N4O6S. The highest BCUT2D eigenvalue weighted by Gasteiger charge is 2.59. The van der Waals surface area contributed by atoms with Crippen LogP contribution in [-0.4, -0.2) is 86.5 Å². The van der Waals surface area contributed by atoms with E-state index in [4.69, 9.17) is 0 Å². The van der Waals surface area contributed by atoms with Crippen molar-refractivity contribution < 1.29 is 53.9 Å². The molecule has 0 spiro atoms. The molecule has 1 saturated carbocycles. The summed E-state index contributed by atoms with van der Waals surface area (Å²) in [6, 6.07) is -4.87. The maximum atomic E-state index is 14.5. The Morgan fingerprint density at radius 1 is 1.14 bits per heavy atom. The number of carbonyl (C=O) groups excluding carboxylic acids is 4. The lowest BCUT2D eigenvalue weighted by molar-refractivity contribution is -0.176. The number of hydrogen-bond donors (Lipinski definition) is 3. The number of nitrogens with one attached hydrogen (secondary N) is 3. The minimum atomic E-state index is -5.33. The third-order valence-corrected chi connectivity index (χ3v) is 8.63. The van der Waals surface area contributed by atoms with Crippen molar-refractivity contribution in [1.82, 2.24) is 20.9 Å². The quantitative estimate of drug-likeness (QED) is 0.349. The van der Waals surface area contributed by atoms with Gasteiger partial charge >= 0.3 is 12.1 Å². The molecule has 0 radical (unpaired) electrons. The predicted octanol–water partition coefficient (Wildman–Crippen LogP) is 1.82. The van der Waals surface area contributed by atoms with E-state index in [1.807, 2.05) is 0 Å².